The van der Waals surface area contributed by atoms with Gasteiger partial charge in [-0.3, -0.25) is 9.59 Å². The van der Waals surface area contributed by atoms with Crippen molar-refractivity contribution in [1.29, 1.82) is 0 Å². The highest BCUT2D eigenvalue weighted by Gasteiger charge is 2.40. The Bertz CT molecular complexity index is 1050. The number of hydrogen-bond donors (Lipinski definition) is 0. The zero-order valence-electron chi connectivity index (χ0n) is 17.8. The van der Waals surface area contributed by atoms with Crippen LogP contribution in [0.3, 0.4) is 0 Å². The number of nitrogens with zero attached hydrogens (tertiary/aromatic N) is 1. The van der Waals surface area contributed by atoms with Crippen LogP contribution in [0.25, 0.3) is 0 Å². The highest BCUT2D eigenvalue weighted by Crippen LogP contribution is 2.32. The maximum atomic E-state index is 13.3. The van der Waals surface area contributed by atoms with Gasteiger partial charge in [-0.15, -0.1) is 0 Å². The molecule has 1 heterocycles. The van der Waals surface area contributed by atoms with Gasteiger partial charge in [-0.05, 0) is 35.6 Å². The van der Waals surface area contributed by atoms with E-state index in [-0.39, 0.29) is 24.9 Å². The van der Waals surface area contributed by atoms with Crippen LogP contribution in [0.5, 0.6) is 0 Å². The predicted octanol–water partition coefficient (Wildman–Crippen LogP) is 4.36. The summed E-state index contributed by atoms with van der Waals surface area (Å²) in [5.74, 6) is -0.232. The van der Waals surface area contributed by atoms with E-state index in [0.717, 1.165) is 16.7 Å². The lowest BCUT2D eigenvalue weighted by Crippen LogP contribution is -2.56. The molecule has 158 valence electrons. The fourth-order valence-electron chi connectivity index (χ4n) is 4.18. The highest BCUT2D eigenvalue weighted by molar-refractivity contribution is 5.80. The molecular weight excluding hydrogens is 386 g/mol. The molecule has 3 aromatic carbocycles. The molecule has 4 rings (SSSR count). The van der Waals surface area contributed by atoms with Gasteiger partial charge in [0.05, 0.1) is 18.4 Å². The second-order valence-electron chi connectivity index (χ2n) is 8.41. The Hall–Kier alpha value is -3.40. The number of carbonyl (C=O) groups is 2. The molecule has 0 bridgehead atoms. The van der Waals surface area contributed by atoms with Gasteiger partial charge < -0.3 is 9.64 Å². The van der Waals surface area contributed by atoms with E-state index >= 15 is 0 Å². The average molecular weight is 414 g/mol. The fourth-order valence-corrected chi connectivity index (χ4v) is 4.18. The van der Waals surface area contributed by atoms with Gasteiger partial charge in [0.25, 0.3) is 0 Å². The Morgan fingerprint density at radius 2 is 1.35 bits per heavy atom. The molecule has 0 aliphatic carbocycles. The summed E-state index contributed by atoms with van der Waals surface area (Å²) in [5, 5.41) is 0. The number of carbonyl (C=O) groups excluding carboxylic acids is 2. The van der Waals surface area contributed by atoms with E-state index < -0.39 is 5.54 Å². The normalized spacial score (nSPS) is 17.6. The van der Waals surface area contributed by atoms with Crippen molar-refractivity contribution in [2.75, 3.05) is 6.61 Å². The molecule has 1 amide bonds. The van der Waals surface area contributed by atoms with Crippen molar-refractivity contribution in [3.05, 3.63) is 107 Å². The Morgan fingerprint density at radius 3 is 2.00 bits per heavy atom. The summed E-state index contributed by atoms with van der Waals surface area (Å²) in [6, 6.07) is 27.5. The number of ether oxygens (including phenoxy) is 1. The molecule has 0 saturated heterocycles. The summed E-state index contributed by atoms with van der Waals surface area (Å²) in [7, 11) is 0. The molecule has 31 heavy (non-hydrogen) atoms. The minimum Gasteiger partial charge on any atom is -0.463 e. The van der Waals surface area contributed by atoms with Crippen LogP contribution in [0.4, 0.5) is 0 Å². The van der Waals surface area contributed by atoms with Gasteiger partial charge in [-0.1, -0.05) is 84.9 Å². The Labute approximate surface area is 183 Å². The van der Waals surface area contributed by atoms with Crippen molar-refractivity contribution < 1.29 is 14.3 Å². The van der Waals surface area contributed by atoms with Gasteiger partial charge in [0.15, 0.2) is 0 Å². The maximum Gasteiger partial charge on any atom is 0.310 e. The van der Waals surface area contributed by atoms with Gasteiger partial charge in [0.1, 0.15) is 6.61 Å². The summed E-state index contributed by atoms with van der Waals surface area (Å²) in [6.07, 6.45) is 1.21. The largest absolute Gasteiger partial charge is 0.463 e. The molecule has 1 aliphatic heterocycles. The van der Waals surface area contributed by atoms with E-state index in [0.29, 0.717) is 19.4 Å². The first kappa shape index (κ1) is 20.9. The van der Waals surface area contributed by atoms with Crippen molar-refractivity contribution in [2.45, 2.75) is 38.3 Å². The first-order chi connectivity index (χ1) is 15.0. The van der Waals surface area contributed by atoms with Crippen LogP contribution < -0.4 is 0 Å². The molecule has 3 aromatic rings. The van der Waals surface area contributed by atoms with Gasteiger partial charge in [0.2, 0.25) is 5.91 Å². The number of rotatable bonds is 6. The first-order valence-corrected chi connectivity index (χ1v) is 10.6. The maximum absolute atomic E-state index is 13.3. The van der Waals surface area contributed by atoms with Crippen LogP contribution in [0.15, 0.2) is 84.9 Å². The van der Waals surface area contributed by atoms with Gasteiger partial charge in [-0.25, -0.2) is 0 Å². The zero-order chi connectivity index (χ0) is 21.7. The van der Waals surface area contributed by atoms with E-state index in [2.05, 4.69) is 12.1 Å². The Morgan fingerprint density at radius 1 is 0.806 bits per heavy atom. The number of benzene rings is 3. The second-order valence-corrected chi connectivity index (χ2v) is 8.41. The van der Waals surface area contributed by atoms with E-state index in [1.54, 1.807) is 0 Å². The van der Waals surface area contributed by atoms with Crippen molar-refractivity contribution in [2.24, 2.45) is 0 Å². The lowest BCUT2D eigenvalue weighted by molar-refractivity contribution is -0.153. The van der Waals surface area contributed by atoms with Crippen LogP contribution >= 0.6 is 0 Å². The predicted molar refractivity (Wildman–Crippen MR) is 120 cm³/mol. The summed E-state index contributed by atoms with van der Waals surface area (Å²) in [4.78, 5) is 27.7. The quantitative estimate of drug-likeness (QED) is 0.564. The van der Waals surface area contributed by atoms with E-state index in [1.807, 2.05) is 84.6 Å². The minimum absolute atomic E-state index is 0.0438. The second kappa shape index (κ2) is 9.17. The van der Waals surface area contributed by atoms with Crippen molar-refractivity contribution in [1.82, 2.24) is 4.90 Å². The first-order valence-electron chi connectivity index (χ1n) is 10.6. The van der Waals surface area contributed by atoms with Gasteiger partial charge in [0, 0.05) is 6.54 Å². The van der Waals surface area contributed by atoms with Crippen LogP contribution in [0.2, 0.25) is 0 Å². The average Bonchev–Trinajstić information content (AvgIpc) is 2.78. The summed E-state index contributed by atoms with van der Waals surface area (Å²) in [5.41, 5.74) is 3.66. The third-order valence-electron chi connectivity index (χ3n) is 5.90. The Kier molecular flexibility index (Phi) is 6.17. The van der Waals surface area contributed by atoms with E-state index in [9.17, 15) is 9.59 Å². The molecule has 0 N–H and O–H groups in total. The molecule has 0 aromatic heterocycles. The molecule has 4 heteroatoms. The van der Waals surface area contributed by atoms with Crippen molar-refractivity contribution in [3.8, 4) is 0 Å². The summed E-state index contributed by atoms with van der Waals surface area (Å²) in [6.45, 7) is 2.71. The highest BCUT2D eigenvalue weighted by atomic mass is 16.5. The van der Waals surface area contributed by atoms with E-state index in [4.69, 9.17) is 4.74 Å². The number of amides is 1. The monoisotopic (exact) mass is 413 g/mol. The fraction of sp³-hybridized carbons (Fsp3) is 0.259. The third kappa shape index (κ3) is 5.02. The summed E-state index contributed by atoms with van der Waals surface area (Å²) < 4.78 is 5.70. The van der Waals surface area contributed by atoms with Crippen LogP contribution in [-0.4, -0.2) is 28.9 Å². The standard InChI is InChI=1S/C27H27NO3/c1-27(20-31-26(30)17-22-12-6-3-7-13-22)18-23-14-8-9-15-24(23)19-28(27)25(29)16-21-10-4-2-5-11-21/h2-15H,16-20H2,1H3. The Balaban J connectivity index is 1.51. The number of fused-ring (bicyclic) bond motifs is 1. The van der Waals surface area contributed by atoms with E-state index in [1.165, 1.54) is 5.56 Å². The minimum atomic E-state index is -0.591. The van der Waals surface area contributed by atoms with Crippen LogP contribution in [0, 0.1) is 0 Å². The zero-order valence-corrected chi connectivity index (χ0v) is 17.8. The van der Waals surface area contributed by atoms with Crippen LogP contribution in [-0.2, 0) is 40.1 Å². The molecule has 0 saturated carbocycles. The molecule has 4 nitrogen and oxygen atoms in total. The molecule has 1 aliphatic rings. The lowest BCUT2D eigenvalue weighted by atomic mass is 9.84. The number of hydrogen-bond acceptors (Lipinski definition) is 3. The molecular formula is C27H27NO3. The SMILES string of the molecule is CC1(COC(=O)Cc2ccccc2)Cc2ccccc2CN1C(=O)Cc1ccccc1. The number of esters is 1. The molecule has 1 atom stereocenters. The topological polar surface area (TPSA) is 46.6 Å². The van der Waals surface area contributed by atoms with Crippen LogP contribution in [0.1, 0.15) is 29.2 Å². The van der Waals surface area contributed by atoms with Gasteiger partial charge in [-0.2, -0.15) is 0 Å². The third-order valence-corrected chi connectivity index (χ3v) is 5.90. The summed E-state index contributed by atoms with van der Waals surface area (Å²) >= 11 is 0. The smallest absolute Gasteiger partial charge is 0.310 e. The molecule has 0 spiro atoms. The molecule has 1 unspecified atom stereocenters. The molecule has 0 radical (unpaired) electrons. The lowest BCUT2D eigenvalue weighted by Gasteiger charge is -2.45. The van der Waals surface area contributed by atoms with Gasteiger partial charge >= 0.3 is 5.97 Å². The molecule has 0 fully saturated rings. The van der Waals surface area contributed by atoms with Crippen molar-refractivity contribution >= 4 is 11.9 Å². The van der Waals surface area contributed by atoms with Crippen molar-refractivity contribution in [3.63, 3.8) is 0 Å².